The minimum Gasteiger partial charge on any atom is -0.481 e. The van der Waals surface area contributed by atoms with Gasteiger partial charge in [-0.3, -0.25) is 24.0 Å². The number of fused-ring (bicyclic) bond motifs is 1. The van der Waals surface area contributed by atoms with Gasteiger partial charge in [0.05, 0.1) is 12.5 Å². The molecule has 4 unspecified atom stereocenters. The SMILES string of the molecule is CC(C)C(NC(=O)C(CCC(=O)O)NC(=O)C(Cc1c[nH]c2ccccc12)NC(=O)C(N)CC(N)=O)C(=O)O. The van der Waals surface area contributed by atoms with Gasteiger partial charge in [-0.2, -0.15) is 0 Å². The number of carboxylic acid groups (broad SMARTS) is 2. The number of aliphatic carboxylic acids is 2. The number of nitrogens with two attached hydrogens (primary N) is 2. The molecule has 39 heavy (non-hydrogen) atoms. The van der Waals surface area contributed by atoms with Gasteiger partial charge in [0.25, 0.3) is 0 Å². The average Bonchev–Trinajstić information content (AvgIpc) is 3.26. The number of aromatic amines is 1. The second kappa shape index (κ2) is 13.9. The molecule has 10 N–H and O–H groups in total. The number of aromatic nitrogens is 1. The molecule has 1 heterocycles. The van der Waals surface area contributed by atoms with Crippen LogP contribution in [0.3, 0.4) is 0 Å². The largest absolute Gasteiger partial charge is 0.481 e. The molecule has 1 aromatic heterocycles. The lowest BCUT2D eigenvalue weighted by atomic mass is 10.0. The molecule has 4 atom stereocenters. The molecular weight excluding hydrogens is 512 g/mol. The Bertz CT molecular complexity index is 1230. The summed E-state index contributed by atoms with van der Waals surface area (Å²) in [6, 6.07) is 1.88. The lowest BCUT2D eigenvalue weighted by molar-refractivity contribution is -0.144. The van der Waals surface area contributed by atoms with Crippen LogP contribution >= 0.6 is 0 Å². The Labute approximate surface area is 223 Å². The Morgan fingerprint density at radius 1 is 0.923 bits per heavy atom. The Morgan fingerprint density at radius 3 is 2.13 bits per heavy atom. The maximum atomic E-state index is 13.4. The van der Waals surface area contributed by atoms with Gasteiger partial charge in [0.15, 0.2) is 0 Å². The van der Waals surface area contributed by atoms with Gasteiger partial charge in [-0.15, -0.1) is 0 Å². The van der Waals surface area contributed by atoms with Gasteiger partial charge in [-0.25, -0.2) is 4.79 Å². The van der Waals surface area contributed by atoms with E-state index < -0.39 is 78.5 Å². The van der Waals surface area contributed by atoms with Crippen LogP contribution in [0.25, 0.3) is 10.9 Å². The third-order valence-corrected chi connectivity index (χ3v) is 6.00. The molecule has 0 aliphatic carbocycles. The molecule has 2 aromatic rings. The standard InChI is InChI=1S/C25H34N6O8/c1-12(2)21(25(38)39)31-23(36)17(7-8-20(33)34)29-24(37)18(30-22(35)15(26)10-19(27)32)9-13-11-28-16-6-4-3-5-14(13)16/h3-6,11-12,15,17-18,21,28H,7-10,26H2,1-2H3,(H2,27,32)(H,29,37)(H,30,35)(H,31,36)(H,33,34)(H,38,39). The summed E-state index contributed by atoms with van der Waals surface area (Å²) in [6.45, 7) is 3.15. The first-order chi connectivity index (χ1) is 18.3. The van der Waals surface area contributed by atoms with Gasteiger partial charge >= 0.3 is 11.9 Å². The first-order valence-corrected chi connectivity index (χ1v) is 12.2. The van der Waals surface area contributed by atoms with Crippen LogP contribution in [0.4, 0.5) is 0 Å². The monoisotopic (exact) mass is 546 g/mol. The second-order valence-corrected chi connectivity index (χ2v) is 9.46. The first kappa shape index (κ1) is 30.8. The van der Waals surface area contributed by atoms with Crippen molar-refractivity contribution in [3.05, 3.63) is 36.0 Å². The molecule has 1 aromatic carbocycles. The zero-order valence-corrected chi connectivity index (χ0v) is 21.6. The third-order valence-electron chi connectivity index (χ3n) is 6.00. The van der Waals surface area contributed by atoms with Crippen LogP contribution in [0.1, 0.15) is 38.7 Å². The van der Waals surface area contributed by atoms with Crippen LogP contribution in [0, 0.1) is 5.92 Å². The van der Waals surface area contributed by atoms with Gasteiger partial charge in [0, 0.05) is 29.9 Å². The van der Waals surface area contributed by atoms with Crippen molar-refractivity contribution in [1.82, 2.24) is 20.9 Å². The first-order valence-electron chi connectivity index (χ1n) is 12.2. The highest BCUT2D eigenvalue weighted by atomic mass is 16.4. The van der Waals surface area contributed by atoms with Gasteiger partial charge < -0.3 is 42.6 Å². The van der Waals surface area contributed by atoms with Crippen molar-refractivity contribution in [2.24, 2.45) is 17.4 Å². The molecule has 212 valence electrons. The van der Waals surface area contributed by atoms with Gasteiger partial charge in [0.2, 0.25) is 23.6 Å². The minimum absolute atomic E-state index is 0.0537. The second-order valence-electron chi connectivity index (χ2n) is 9.46. The van der Waals surface area contributed by atoms with E-state index in [0.29, 0.717) is 5.56 Å². The van der Waals surface area contributed by atoms with Crippen LogP contribution < -0.4 is 27.4 Å². The quantitative estimate of drug-likeness (QED) is 0.136. The smallest absolute Gasteiger partial charge is 0.326 e. The summed E-state index contributed by atoms with van der Waals surface area (Å²) in [5.41, 5.74) is 12.3. The molecule has 0 aliphatic heterocycles. The number of benzene rings is 1. The van der Waals surface area contributed by atoms with Crippen molar-refractivity contribution in [3.8, 4) is 0 Å². The number of carbonyl (C=O) groups excluding carboxylic acids is 4. The predicted molar refractivity (Wildman–Crippen MR) is 139 cm³/mol. The number of carbonyl (C=O) groups is 6. The average molecular weight is 547 g/mol. The van der Waals surface area contributed by atoms with Crippen LogP contribution in [0.5, 0.6) is 0 Å². The highest BCUT2D eigenvalue weighted by molar-refractivity contribution is 5.96. The van der Waals surface area contributed by atoms with Gasteiger partial charge in [0.1, 0.15) is 18.1 Å². The fraction of sp³-hybridized carbons (Fsp3) is 0.440. The predicted octanol–water partition coefficient (Wildman–Crippen LogP) is -1.03. The van der Waals surface area contributed by atoms with Crippen LogP contribution in [-0.2, 0) is 35.2 Å². The van der Waals surface area contributed by atoms with Crippen LogP contribution in [0.15, 0.2) is 30.5 Å². The van der Waals surface area contributed by atoms with E-state index in [0.717, 1.165) is 10.9 Å². The topological polar surface area (TPSA) is 247 Å². The molecular formula is C25H34N6O8. The lowest BCUT2D eigenvalue weighted by Gasteiger charge is -2.26. The lowest BCUT2D eigenvalue weighted by Crippen LogP contribution is -2.58. The zero-order chi connectivity index (χ0) is 29.3. The number of hydrogen-bond donors (Lipinski definition) is 8. The summed E-state index contributed by atoms with van der Waals surface area (Å²) in [4.78, 5) is 76.0. The summed E-state index contributed by atoms with van der Waals surface area (Å²) in [6.07, 6.45) is 0.284. The molecule has 0 aliphatic rings. The molecule has 0 radical (unpaired) electrons. The molecule has 0 spiro atoms. The maximum Gasteiger partial charge on any atom is 0.326 e. The van der Waals surface area contributed by atoms with E-state index in [2.05, 4.69) is 20.9 Å². The fourth-order valence-electron chi connectivity index (χ4n) is 3.89. The molecule has 14 nitrogen and oxygen atoms in total. The van der Waals surface area contributed by atoms with E-state index in [4.69, 9.17) is 16.6 Å². The van der Waals surface area contributed by atoms with Crippen LogP contribution in [0.2, 0.25) is 0 Å². The summed E-state index contributed by atoms with van der Waals surface area (Å²) < 4.78 is 0. The molecule has 0 saturated heterocycles. The van der Waals surface area contributed by atoms with E-state index >= 15 is 0 Å². The number of hydrogen-bond acceptors (Lipinski definition) is 7. The Kier molecular flexibility index (Phi) is 11.0. The Hall–Kier alpha value is -4.46. The summed E-state index contributed by atoms with van der Waals surface area (Å²) in [5.74, 6) is -6.43. The number of amides is 4. The van der Waals surface area contributed by atoms with Crippen molar-refractivity contribution >= 4 is 46.5 Å². The van der Waals surface area contributed by atoms with E-state index in [1.54, 1.807) is 32.2 Å². The van der Waals surface area contributed by atoms with E-state index in [1.165, 1.54) is 0 Å². The molecule has 0 fully saturated rings. The molecule has 0 bridgehead atoms. The number of carboxylic acids is 2. The fourth-order valence-corrected chi connectivity index (χ4v) is 3.89. The van der Waals surface area contributed by atoms with Crippen molar-refractivity contribution in [3.63, 3.8) is 0 Å². The van der Waals surface area contributed by atoms with E-state index in [1.807, 2.05) is 12.1 Å². The maximum absolute atomic E-state index is 13.4. The summed E-state index contributed by atoms with van der Waals surface area (Å²) in [5, 5.41) is 26.5. The summed E-state index contributed by atoms with van der Waals surface area (Å²) >= 11 is 0. The Balaban J connectivity index is 2.33. The van der Waals surface area contributed by atoms with Crippen molar-refractivity contribution < 1.29 is 39.0 Å². The molecule has 14 heteroatoms. The van der Waals surface area contributed by atoms with Crippen LogP contribution in [-0.4, -0.2) is 74.9 Å². The molecule has 4 amide bonds. The minimum atomic E-state index is -1.42. The number of H-pyrrole nitrogens is 1. The number of nitrogens with one attached hydrogen (secondary N) is 4. The molecule has 0 saturated carbocycles. The Morgan fingerprint density at radius 2 is 1.54 bits per heavy atom. The number of para-hydroxylation sites is 1. The van der Waals surface area contributed by atoms with Gasteiger partial charge in [-0.1, -0.05) is 32.0 Å². The van der Waals surface area contributed by atoms with E-state index in [9.17, 15) is 33.9 Å². The number of primary amides is 1. The van der Waals surface area contributed by atoms with Crippen molar-refractivity contribution in [2.75, 3.05) is 0 Å². The van der Waals surface area contributed by atoms with Gasteiger partial charge in [-0.05, 0) is 24.0 Å². The highest BCUT2D eigenvalue weighted by Crippen LogP contribution is 2.19. The zero-order valence-electron chi connectivity index (χ0n) is 21.6. The third kappa shape index (κ3) is 9.10. The highest BCUT2D eigenvalue weighted by Gasteiger charge is 2.32. The molecule has 2 rings (SSSR count). The summed E-state index contributed by atoms with van der Waals surface area (Å²) in [7, 11) is 0. The van der Waals surface area contributed by atoms with Crippen molar-refractivity contribution in [2.45, 2.75) is 63.7 Å². The van der Waals surface area contributed by atoms with Crippen molar-refractivity contribution in [1.29, 1.82) is 0 Å². The number of rotatable bonds is 15. The van der Waals surface area contributed by atoms with E-state index in [-0.39, 0.29) is 12.8 Å². The normalized spacial score (nSPS) is 14.2.